The van der Waals surface area contributed by atoms with Crippen molar-refractivity contribution in [3.8, 4) is 5.75 Å². The van der Waals surface area contributed by atoms with Crippen LogP contribution >= 0.6 is 11.6 Å². The summed E-state index contributed by atoms with van der Waals surface area (Å²) in [5.74, 6) is -0.557. The molecule has 31 heavy (non-hydrogen) atoms. The van der Waals surface area contributed by atoms with Gasteiger partial charge in [-0.25, -0.2) is 4.79 Å². The number of nitrogens with one attached hydrogen (secondary N) is 1. The Morgan fingerprint density at radius 1 is 1.23 bits per heavy atom. The lowest BCUT2D eigenvalue weighted by atomic mass is 9.81. The molecule has 1 heterocycles. The molecule has 3 atom stereocenters. The summed E-state index contributed by atoms with van der Waals surface area (Å²) in [6.45, 7) is 5.98. The number of rotatable bonds is 7. The van der Waals surface area contributed by atoms with Crippen LogP contribution in [0, 0.1) is 0 Å². The first kappa shape index (κ1) is 23.1. The lowest BCUT2D eigenvalue weighted by Crippen LogP contribution is -2.50. The Morgan fingerprint density at radius 3 is 2.61 bits per heavy atom. The molecule has 0 bridgehead atoms. The first-order valence-electron chi connectivity index (χ1n) is 10.4. The second kappa shape index (κ2) is 9.71. The minimum atomic E-state index is -1.02. The molecule has 6 nitrogen and oxygen atoms in total. The van der Waals surface area contributed by atoms with E-state index in [9.17, 15) is 14.7 Å². The highest BCUT2D eigenvalue weighted by Gasteiger charge is 2.41. The monoisotopic (exact) mass is 445 g/mol. The van der Waals surface area contributed by atoms with Gasteiger partial charge in [-0.05, 0) is 49.2 Å². The molecular weight excluding hydrogens is 418 g/mol. The molecule has 0 saturated carbocycles. The normalized spacial score (nSPS) is 23.2. The molecule has 1 fully saturated rings. The highest BCUT2D eigenvalue weighted by molar-refractivity contribution is 6.30. The molecule has 2 aromatic rings. The highest BCUT2D eigenvalue weighted by Crippen LogP contribution is 2.46. The molecular formula is C24H28ClNO5. The van der Waals surface area contributed by atoms with E-state index in [1.165, 1.54) is 13.0 Å². The van der Waals surface area contributed by atoms with Gasteiger partial charge in [0.15, 0.2) is 0 Å². The third-order valence-electron chi connectivity index (χ3n) is 5.36. The van der Waals surface area contributed by atoms with Gasteiger partial charge in [0.2, 0.25) is 5.91 Å². The van der Waals surface area contributed by atoms with E-state index >= 15 is 0 Å². The van der Waals surface area contributed by atoms with Gasteiger partial charge in [-0.3, -0.25) is 4.79 Å². The van der Waals surface area contributed by atoms with Gasteiger partial charge in [0.1, 0.15) is 5.75 Å². The zero-order chi connectivity index (χ0) is 22.6. The number of carbonyl (C=O) groups is 2. The fourth-order valence-electron chi connectivity index (χ4n) is 4.09. The maximum absolute atomic E-state index is 11.9. The lowest BCUT2D eigenvalue weighted by molar-refractivity contribution is -0.126. The molecule has 1 aliphatic heterocycles. The minimum absolute atomic E-state index is 0.130. The van der Waals surface area contributed by atoms with Crippen molar-refractivity contribution in [2.24, 2.45) is 0 Å². The third-order valence-corrected chi connectivity index (χ3v) is 5.60. The zero-order valence-electron chi connectivity index (χ0n) is 18.0. The average molecular weight is 446 g/mol. The van der Waals surface area contributed by atoms with Gasteiger partial charge in [0.25, 0.3) is 0 Å². The maximum atomic E-state index is 11.9. The Labute approximate surface area is 187 Å². The lowest BCUT2D eigenvalue weighted by Gasteiger charge is -2.43. The first-order chi connectivity index (χ1) is 14.7. The molecule has 2 N–H and O–H groups in total. The van der Waals surface area contributed by atoms with Crippen LogP contribution in [-0.4, -0.2) is 29.1 Å². The Balaban J connectivity index is 2.04. The Kier molecular flexibility index (Phi) is 7.23. The summed E-state index contributed by atoms with van der Waals surface area (Å²) in [6.07, 6.45) is 1.06. The second-order valence-electron chi connectivity index (χ2n) is 8.22. The van der Waals surface area contributed by atoms with Gasteiger partial charge < -0.3 is 19.9 Å². The van der Waals surface area contributed by atoms with E-state index in [-0.39, 0.29) is 17.6 Å². The summed E-state index contributed by atoms with van der Waals surface area (Å²) in [4.78, 5) is 23.5. The zero-order valence-corrected chi connectivity index (χ0v) is 18.7. The van der Waals surface area contributed by atoms with Crippen LogP contribution in [0.5, 0.6) is 5.75 Å². The third kappa shape index (κ3) is 5.77. The standard InChI is InChI=1S/C24H28ClNO5/c1-4-10-30-20-9-8-17(23(28)29)12-19(20)22-14-24(3,26-15(2)27)13-21(31-22)16-6-5-7-18(25)11-16/h5-9,11-12,21-22H,4,10,13-14H2,1-3H3,(H,26,27)(H,28,29)/t21-,22+,24+/m0/s1. The van der Waals surface area contributed by atoms with Crippen molar-refractivity contribution in [2.45, 2.75) is 57.8 Å². The number of benzene rings is 2. The van der Waals surface area contributed by atoms with Crippen molar-refractivity contribution in [3.05, 3.63) is 64.2 Å². The largest absolute Gasteiger partial charge is 0.493 e. The summed E-state index contributed by atoms with van der Waals surface area (Å²) in [5, 5.41) is 13.2. The Morgan fingerprint density at radius 2 is 1.97 bits per heavy atom. The van der Waals surface area contributed by atoms with E-state index in [0.29, 0.717) is 35.8 Å². The Bertz CT molecular complexity index is 963. The summed E-state index contributed by atoms with van der Waals surface area (Å²) >= 11 is 6.20. The van der Waals surface area contributed by atoms with E-state index in [1.54, 1.807) is 18.2 Å². The van der Waals surface area contributed by atoms with Crippen LogP contribution in [0.2, 0.25) is 5.02 Å². The van der Waals surface area contributed by atoms with Crippen LogP contribution in [0.1, 0.15) is 73.7 Å². The van der Waals surface area contributed by atoms with Crippen molar-refractivity contribution >= 4 is 23.5 Å². The number of aromatic carboxylic acids is 1. The smallest absolute Gasteiger partial charge is 0.335 e. The molecule has 0 radical (unpaired) electrons. The first-order valence-corrected chi connectivity index (χ1v) is 10.8. The number of amides is 1. The average Bonchev–Trinajstić information content (AvgIpc) is 2.70. The van der Waals surface area contributed by atoms with Crippen molar-refractivity contribution in [2.75, 3.05) is 6.61 Å². The molecule has 3 rings (SSSR count). The summed E-state index contributed by atoms with van der Waals surface area (Å²) in [6, 6.07) is 12.3. The van der Waals surface area contributed by atoms with Crippen LogP contribution in [-0.2, 0) is 9.53 Å². The SMILES string of the molecule is CCCOc1ccc(C(=O)O)cc1[C@H]1C[C@](C)(NC(C)=O)C[C@@H](c2cccc(Cl)c2)O1. The van der Waals surface area contributed by atoms with Gasteiger partial charge in [-0.1, -0.05) is 30.7 Å². The van der Waals surface area contributed by atoms with Gasteiger partial charge >= 0.3 is 5.97 Å². The molecule has 1 aliphatic rings. The maximum Gasteiger partial charge on any atom is 0.335 e. The van der Waals surface area contributed by atoms with Crippen molar-refractivity contribution < 1.29 is 24.2 Å². The second-order valence-corrected chi connectivity index (χ2v) is 8.66. The topological polar surface area (TPSA) is 84.9 Å². The van der Waals surface area contributed by atoms with Gasteiger partial charge in [0, 0.05) is 35.9 Å². The molecule has 0 aliphatic carbocycles. The van der Waals surface area contributed by atoms with Crippen LogP contribution < -0.4 is 10.1 Å². The molecule has 2 aromatic carbocycles. The summed E-state index contributed by atoms with van der Waals surface area (Å²) in [5.41, 5.74) is 1.17. The minimum Gasteiger partial charge on any atom is -0.493 e. The van der Waals surface area contributed by atoms with E-state index in [2.05, 4.69) is 5.32 Å². The van der Waals surface area contributed by atoms with Crippen molar-refractivity contribution in [1.29, 1.82) is 0 Å². The predicted octanol–water partition coefficient (Wildman–Crippen LogP) is 5.31. The fourth-order valence-corrected chi connectivity index (χ4v) is 4.29. The number of carboxylic acids is 1. The van der Waals surface area contributed by atoms with Crippen LogP contribution in [0.25, 0.3) is 0 Å². The van der Waals surface area contributed by atoms with Gasteiger partial charge in [-0.15, -0.1) is 0 Å². The summed E-state index contributed by atoms with van der Waals surface area (Å²) in [7, 11) is 0. The number of hydrogen-bond acceptors (Lipinski definition) is 4. The van der Waals surface area contributed by atoms with Crippen LogP contribution in [0.3, 0.4) is 0 Å². The summed E-state index contributed by atoms with van der Waals surface area (Å²) < 4.78 is 12.4. The van der Waals surface area contributed by atoms with Crippen LogP contribution in [0.4, 0.5) is 0 Å². The van der Waals surface area contributed by atoms with Crippen molar-refractivity contribution in [1.82, 2.24) is 5.32 Å². The number of hydrogen-bond donors (Lipinski definition) is 2. The number of carbonyl (C=O) groups excluding carboxylic acids is 1. The van der Waals surface area contributed by atoms with E-state index in [4.69, 9.17) is 21.1 Å². The fraction of sp³-hybridized carbons (Fsp3) is 0.417. The molecule has 7 heteroatoms. The quantitative estimate of drug-likeness (QED) is 0.602. The van der Waals surface area contributed by atoms with E-state index in [1.807, 2.05) is 32.0 Å². The predicted molar refractivity (Wildman–Crippen MR) is 119 cm³/mol. The Hall–Kier alpha value is -2.57. The number of ether oxygens (including phenoxy) is 2. The molecule has 0 spiro atoms. The molecule has 0 unspecified atom stereocenters. The van der Waals surface area contributed by atoms with Crippen molar-refractivity contribution in [3.63, 3.8) is 0 Å². The van der Waals surface area contributed by atoms with E-state index < -0.39 is 17.6 Å². The van der Waals surface area contributed by atoms with Crippen LogP contribution in [0.15, 0.2) is 42.5 Å². The molecule has 166 valence electrons. The van der Waals surface area contributed by atoms with Gasteiger partial charge in [-0.2, -0.15) is 0 Å². The van der Waals surface area contributed by atoms with E-state index in [0.717, 1.165) is 12.0 Å². The molecule has 1 saturated heterocycles. The van der Waals surface area contributed by atoms with Gasteiger partial charge in [0.05, 0.1) is 24.4 Å². The highest BCUT2D eigenvalue weighted by atomic mass is 35.5. The number of halogens is 1. The molecule has 0 aromatic heterocycles. The number of carboxylic acid groups (broad SMARTS) is 1. The molecule has 1 amide bonds.